The second-order valence-corrected chi connectivity index (χ2v) is 6.59. The van der Waals surface area contributed by atoms with E-state index in [4.69, 9.17) is 9.57 Å². The van der Waals surface area contributed by atoms with Gasteiger partial charge < -0.3 is 14.9 Å². The van der Waals surface area contributed by atoms with E-state index in [0.717, 1.165) is 11.3 Å². The highest BCUT2D eigenvalue weighted by molar-refractivity contribution is 6.45. The third-order valence-corrected chi connectivity index (χ3v) is 4.45. The number of nitrogens with one attached hydrogen (secondary N) is 2. The molecule has 0 aliphatic carbocycles. The Morgan fingerprint density at radius 2 is 1.87 bits per heavy atom. The molecule has 2 aromatic carbocycles. The van der Waals surface area contributed by atoms with E-state index in [1.165, 1.54) is 18.1 Å². The molecular formula is C22H22N4O5. The lowest BCUT2D eigenvalue weighted by Gasteiger charge is -2.09. The Bertz CT molecular complexity index is 1020. The van der Waals surface area contributed by atoms with Crippen LogP contribution in [-0.2, 0) is 20.8 Å². The van der Waals surface area contributed by atoms with Crippen LogP contribution in [0.4, 0.5) is 0 Å². The number of likely N-dealkylation sites (N-methyl/N-ethyl adjacent to an activating group) is 1. The van der Waals surface area contributed by atoms with Gasteiger partial charge >= 0.3 is 5.97 Å². The van der Waals surface area contributed by atoms with E-state index in [-0.39, 0.29) is 11.4 Å². The Balaban J connectivity index is 1.75. The zero-order chi connectivity index (χ0) is 22.2. The van der Waals surface area contributed by atoms with Gasteiger partial charge in [0, 0.05) is 25.2 Å². The first kappa shape index (κ1) is 21.7. The minimum Gasteiger partial charge on any atom is -0.497 e. The number of aliphatic imine (C=N–C) groups is 1. The maximum atomic E-state index is 12.8. The van der Waals surface area contributed by atoms with Crippen molar-refractivity contribution in [2.45, 2.75) is 6.42 Å². The van der Waals surface area contributed by atoms with Gasteiger partial charge in [-0.1, -0.05) is 35.9 Å². The molecule has 31 heavy (non-hydrogen) atoms. The summed E-state index contributed by atoms with van der Waals surface area (Å²) < 4.78 is 5.13. The highest BCUT2D eigenvalue weighted by atomic mass is 16.7. The van der Waals surface area contributed by atoms with E-state index < -0.39 is 17.8 Å². The van der Waals surface area contributed by atoms with E-state index >= 15 is 0 Å². The van der Waals surface area contributed by atoms with E-state index in [1.54, 1.807) is 37.4 Å². The number of methoxy groups -OCH3 is 1. The SMILES string of the molecule is COc1ccc(CCNC(=O)C(/C=C2/C(=O)ONN2C)=NC(=O)c2ccccc2)cc1. The summed E-state index contributed by atoms with van der Waals surface area (Å²) >= 11 is 0. The van der Waals surface area contributed by atoms with Crippen molar-refractivity contribution < 1.29 is 24.0 Å². The summed E-state index contributed by atoms with van der Waals surface area (Å²) in [6.07, 6.45) is 1.78. The fraction of sp³-hybridized carbons (Fsp3) is 0.182. The van der Waals surface area contributed by atoms with Gasteiger partial charge in [-0.2, -0.15) is 0 Å². The maximum absolute atomic E-state index is 12.8. The third-order valence-electron chi connectivity index (χ3n) is 4.45. The molecule has 2 aromatic rings. The normalized spacial score (nSPS) is 15.0. The van der Waals surface area contributed by atoms with Crippen LogP contribution >= 0.6 is 0 Å². The van der Waals surface area contributed by atoms with Crippen molar-refractivity contribution >= 4 is 23.5 Å². The quantitative estimate of drug-likeness (QED) is 0.513. The number of benzene rings is 2. The molecule has 1 heterocycles. The summed E-state index contributed by atoms with van der Waals surface area (Å²) in [6, 6.07) is 15.8. The number of hydrogen-bond acceptors (Lipinski definition) is 7. The minimum absolute atomic E-state index is 0.0462. The molecule has 2 amide bonds. The first-order chi connectivity index (χ1) is 15.0. The van der Waals surface area contributed by atoms with E-state index in [1.807, 2.05) is 24.3 Å². The number of hydrazine groups is 1. The molecule has 0 saturated carbocycles. The number of ether oxygens (including phenoxy) is 1. The third kappa shape index (κ3) is 5.77. The Morgan fingerprint density at radius 1 is 1.16 bits per heavy atom. The molecule has 1 fully saturated rings. The first-order valence-electron chi connectivity index (χ1n) is 9.49. The number of amides is 2. The van der Waals surface area contributed by atoms with Gasteiger partial charge in [0.25, 0.3) is 11.8 Å². The molecule has 2 N–H and O–H groups in total. The van der Waals surface area contributed by atoms with Crippen LogP contribution in [0.5, 0.6) is 5.75 Å². The van der Waals surface area contributed by atoms with E-state index in [0.29, 0.717) is 18.5 Å². The van der Waals surface area contributed by atoms with Gasteiger partial charge in [-0.05, 0) is 36.2 Å². The second-order valence-electron chi connectivity index (χ2n) is 6.59. The Morgan fingerprint density at radius 3 is 2.48 bits per heavy atom. The Labute approximate surface area is 179 Å². The highest BCUT2D eigenvalue weighted by Gasteiger charge is 2.26. The topological polar surface area (TPSA) is 109 Å². The molecule has 0 aromatic heterocycles. The lowest BCUT2D eigenvalue weighted by molar-refractivity contribution is -0.142. The first-order valence-corrected chi connectivity index (χ1v) is 9.49. The summed E-state index contributed by atoms with van der Waals surface area (Å²) in [7, 11) is 3.13. The van der Waals surface area contributed by atoms with Crippen molar-refractivity contribution in [1.82, 2.24) is 15.9 Å². The standard InChI is InChI=1S/C22H22N4O5/c1-26-19(22(29)31-25-26)14-18(24-20(27)16-6-4-3-5-7-16)21(28)23-13-12-15-8-10-17(30-2)11-9-15/h3-11,14,25H,12-13H2,1-2H3,(H,23,28)/b19-14-,24-18?. The summed E-state index contributed by atoms with van der Waals surface area (Å²) in [5.74, 6) is -1.12. The molecule has 0 spiro atoms. The molecule has 0 atom stereocenters. The number of carbonyl (C=O) groups is 3. The van der Waals surface area contributed by atoms with Gasteiger partial charge in [0.05, 0.1) is 7.11 Å². The maximum Gasteiger partial charge on any atom is 0.376 e. The summed E-state index contributed by atoms with van der Waals surface area (Å²) in [5.41, 5.74) is 3.53. The van der Waals surface area contributed by atoms with Gasteiger partial charge in [0.2, 0.25) is 0 Å². The number of carbonyl (C=O) groups excluding carboxylic acids is 3. The average Bonchev–Trinajstić information content (AvgIpc) is 3.11. The number of hydrogen-bond donors (Lipinski definition) is 2. The van der Waals surface area contributed by atoms with Gasteiger partial charge in [-0.15, -0.1) is 0 Å². The van der Waals surface area contributed by atoms with Crippen molar-refractivity contribution in [3.05, 3.63) is 77.5 Å². The molecule has 0 radical (unpaired) electrons. The number of nitrogens with zero attached hydrogens (tertiary/aromatic N) is 2. The average molecular weight is 422 g/mol. The van der Waals surface area contributed by atoms with Crippen LogP contribution in [-0.4, -0.2) is 49.2 Å². The smallest absolute Gasteiger partial charge is 0.376 e. The van der Waals surface area contributed by atoms with Crippen LogP contribution in [0.25, 0.3) is 0 Å². The van der Waals surface area contributed by atoms with Crippen LogP contribution in [0.3, 0.4) is 0 Å². The molecule has 1 saturated heterocycles. The largest absolute Gasteiger partial charge is 0.497 e. The lowest BCUT2D eigenvalue weighted by atomic mass is 10.1. The molecule has 0 bridgehead atoms. The van der Waals surface area contributed by atoms with Gasteiger partial charge in [-0.25, -0.2) is 9.79 Å². The van der Waals surface area contributed by atoms with Crippen LogP contribution in [0.15, 0.2) is 71.4 Å². The second kappa shape index (κ2) is 10.2. The van der Waals surface area contributed by atoms with E-state index in [2.05, 4.69) is 15.9 Å². The molecule has 1 aliphatic rings. The highest BCUT2D eigenvalue weighted by Crippen LogP contribution is 2.12. The molecular weight excluding hydrogens is 400 g/mol. The Kier molecular flexibility index (Phi) is 7.13. The zero-order valence-corrected chi connectivity index (χ0v) is 17.1. The van der Waals surface area contributed by atoms with Gasteiger partial charge in [0.1, 0.15) is 17.2 Å². The van der Waals surface area contributed by atoms with Crippen molar-refractivity contribution in [1.29, 1.82) is 0 Å². The molecule has 3 rings (SSSR count). The molecule has 1 aliphatic heterocycles. The summed E-state index contributed by atoms with van der Waals surface area (Å²) in [6.45, 7) is 0.311. The van der Waals surface area contributed by atoms with Crippen molar-refractivity contribution in [3.63, 3.8) is 0 Å². The van der Waals surface area contributed by atoms with Crippen molar-refractivity contribution in [2.75, 3.05) is 20.7 Å². The summed E-state index contributed by atoms with van der Waals surface area (Å²) in [5, 5.41) is 4.02. The van der Waals surface area contributed by atoms with Crippen LogP contribution in [0.1, 0.15) is 15.9 Å². The molecule has 160 valence electrons. The molecule has 9 nitrogen and oxygen atoms in total. The van der Waals surface area contributed by atoms with Crippen LogP contribution in [0, 0.1) is 0 Å². The van der Waals surface area contributed by atoms with Crippen LogP contribution in [0.2, 0.25) is 0 Å². The number of rotatable bonds is 7. The molecule has 9 heteroatoms. The van der Waals surface area contributed by atoms with Gasteiger partial charge in [0.15, 0.2) is 0 Å². The zero-order valence-electron chi connectivity index (χ0n) is 17.1. The van der Waals surface area contributed by atoms with E-state index in [9.17, 15) is 14.4 Å². The van der Waals surface area contributed by atoms with Gasteiger partial charge in [-0.3, -0.25) is 14.6 Å². The Hall–Kier alpha value is -3.98. The minimum atomic E-state index is -0.687. The van der Waals surface area contributed by atoms with Crippen LogP contribution < -0.4 is 15.6 Å². The summed E-state index contributed by atoms with van der Waals surface area (Å²) in [4.78, 5) is 45.8. The fourth-order valence-corrected chi connectivity index (χ4v) is 2.74. The van der Waals surface area contributed by atoms with Crippen molar-refractivity contribution in [3.8, 4) is 5.75 Å². The monoisotopic (exact) mass is 422 g/mol. The predicted molar refractivity (Wildman–Crippen MR) is 113 cm³/mol. The van der Waals surface area contributed by atoms with Crippen molar-refractivity contribution in [2.24, 2.45) is 4.99 Å². The fourth-order valence-electron chi connectivity index (χ4n) is 2.74. The predicted octanol–water partition coefficient (Wildman–Crippen LogP) is 1.43. The lowest BCUT2D eigenvalue weighted by Crippen LogP contribution is -2.33. The molecule has 0 unspecified atom stereocenters.